The number of alkyl halides is 4. The largest absolute Gasteiger partial charge is 0.346 e. The average Bonchev–Trinajstić information content (AvgIpc) is 3.84. The van der Waals surface area contributed by atoms with Crippen LogP contribution in [0.25, 0.3) is 22.0 Å². The monoisotopic (exact) mass is 1050 g/mol. The van der Waals surface area contributed by atoms with Gasteiger partial charge in [-0.2, -0.15) is 19.0 Å². The molecule has 334 valence electrons. The molecule has 3 aliphatic rings. The number of rotatable bonds is 12. The number of anilines is 1. The Morgan fingerprint density at radius 1 is 1.02 bits per heavy atom. The van der Waals surface area contributed by atoms with Crippen molar-refractivity contribution in [1.82, 2.24) is 29.9 Å². The highest BCUT2D eigenvalue weighted by Gasteiger charge is 2.62. The van der Waals surface area contributed by atoms with Crippen LogP contribution in [0.15, 0.2) is 36.4 Å². The fraction of sp³-hybridized carbons (Fsp3) is 0.415. The SMILES string of the molecule is Cn1nc(NS(C)(=O)=O)c2c(Cl)ccc(-c3cc(I)c(C#CC(C)(C)S(=O)(=O)C4CC4)nc3[C@H](Cc3cc(F)cc(F)c3)NC(=O)Cn3nc(C(F)F)c4c3C(F)(F)[C@@H]3CC[C@H]43)c21. The molecule has 3 aromatic heterocycles. The van der Waals surface area contributed by atoms with Gasteiger partial charge in [-0.15, -0.1) is 0 Å². The van der Waals surface area contributed by atoms with E-state index in [2.05, 4.69) is 32.1 Å². The number of amides is 1. The Balaban J connectivity index is 1.31. The van der Waals surface area contributed by atoms with Crippen LogP contribution in [0, 0.1) is 33.0 Å². The van der Waals surface area contributed by atoms with Crippen LogP contribution in [0.3, 0.4) is 0 Å². The number of hydrogen-bond donors (Lipinski definition) is 2. The second-order valence-corrected chi connectivity index (χ2v) is 22.6. The molecule has 22 heteroatoms. The van der Waals surface area contributed by atoms with E-state index in [0.29, 0.717) is 32.7 Å². The number of sulfone groups is 1. The smallest absolute Gasteiger partial charge is 0.293 e. The summed E-state index contributed by atoms with van der Waals surface area (Å²) >= 11 is 8.58. The molecule has 1 amide bonds. The summed E-state index contributed by atoms with van der Waals surface area (Å²) in [6.45, 7) is 1.98. The maximum absolute atomic E-state index is 15.8. The zero-order valence-corrected chi connectivity index (χ0v) is 38.3. The fourth-order valence-electron chi connectivity index (χ4n) is 8.49. The lowest BCUT2D eigenvalue weighted by Crippen LogP contribution is -2.36. The van der Waals surface area contributed by atoms with Gasteiger partial charge >= 0.3 is 0 Å². The lowest BCUT2D eigenvalue weighted by molar-refractivity contribution is -0.123. The third-order valence-electron chi connectivity index (χ3n) is 11.6. The first kappa shape index (κ1) is 45.2. The van der Waals surface area contributed by atoms with Gasteiger partial charge in [-0.05, 0) is 110 Å². The molecule has 5 aromatic rings. The fourth-order valence-corrected chi connectivity index (χ4v) is 11.6. The Hall–Kier alpha value is -4.40. The normalized spacial score (nSPS) is 18.7. The highest BCUT2D eigenvalue weighted by Crippen LogP contribution is 2.63. The van der Waals surface area contributed by atoms with E-state index in [-0.39, 0.29) is 62.7 Å². The van der Waals surface area contributed by atoms with Crippen molar-refractivity contribution in [2.45, 2.75) is 86.8 Å². The number of aromatic nitrogens is 5. The number of fused-ring (bicyclic) bond motifs is 4. The van der Waals surface area contributed by atoms with E-state index in [9.17, 15) is 39.2 Å². The van der Waals surface area contributed by atoms with Crippen LogP contribution in [0.5, 0.6) is 0 Å². The van der Waals surface area contributed by atoms with Crippen LogP contribution in [-0.2, 0) is 50.6 Å². The number of halogens is 8. The van der Waals surface area contributed by atoms with Gasteiger partial charge in [0.05, 0.1) is 39.2 Å². The molecule has 12 nitrogen and oxygen atoms in total. The number of hydrogen-bond acceptors (Lipinski definition) is 8. The first-order chi connectivity index (χ1) is 29.4. The topological polar surface area (TPSA) is 158 Å². The zero-order chi connectivity index (χ0) is 45.7. The molecular weight excluding hydrogens is 1010 g/mol. The van der Waals surface area contributed by atoms with Crippen molar-refractivity contribution in [2.24, 2.45) is 13.0 Å². The van der Waals surface area contributed by atoms with Gasteiger partial charge in [0, 0.05) is 39.3 Å². The summed E-state index contributed by atoms with van der Waals surface area (Å²) in [6.07, 6.45) is -1.31. The Morgan fingerprint density at radius 3 is 2.30 bits per heavy atom. The standard InChI is InChI=1S/C41H37ClF6IN7O5S2/c1-40(2,63(60,61)22-5-6-22)12-11-29-28(49)17-25(23-8-10-27(42)33-36(23)55(3)53-39(33)54-62(4,58)59)34(51-29)30(15-19-13-20(43)16-21(44)14-19)50-31(57)18-56-37-32(35(52-56)38(45)46)24-7-9-26(24)41(37,47)48/h8,10,13-14,16-17,22,24,26,30,38H,5-7,9,15,18H2,1-4H3,(H,50,57)(H,53,54)/t24-,26+,30-/m0/s1. The number of nitrogens with zero attached hydrogens (tertiary/aromatic N) is 5. The van der Waals surface area contributed by atoms with Gasteiger partial charge in [-0.3, -0.25) is 18.9 Å². The molecule has 2 fully saturated rings. The summed E-state index contributed by atoms with van der Waals surface area (Å²) < 4.78 is 144. The molecule has 0 spiro atoms. The molecule has 2 aromatic carbocycles. The predicted molar refractivity (Wildman–Crippen MR) is 231 cm³/mol. The third-order valence-corrected chi connectivity index (χ3v) is 16.2. The zero-order valence-electron chi connectivity index (χ0n) is 33.7. The van der Waals surface area contributed by atoms with Crippen molar-refractivity contribution in [1.29, 1.82) is 0 Å². The molecule has 8 rings (SSSR count). The quantitative estimate of drug-likeness (QED) is 0.0722. The molecule has 0 aliphatic heterocycles. The minimum Gasteiger partial charge on any atom is -0.346 e. The summed E-state index contributed by atoms with van der Waals surface area (Å²) in [4.78, 5) is 19.1. The molecule has 0 unspecified atom stereocenters. The predicted octanol–water partition coefficient (Wildman–Crippen LogP) is 8.08. The number of benzene rings is 2. The van der Waals surface area contributed by atoms with Crippen LogP contribution >= 0.6 is 34.2 Å². The molecule has 0 saturated heterocycles. The van der Waals surface area contributed by atoms with Crippen LogP contribution < -0.4 is 10.0 Å². The summed E-state index contributed by atoms with van der Waals surface area (Å²) in [5, 5.41) is 10.6. The van der Waals surface area contributed by atoms with Crippen molar-refractivity contribution in [3.63, 3.8) is 0 Å². The van der Waals surface area contributed by atoms with Gasteiger partial charge in [0.2, 0.25) is 15.9 Å². The van der Waals surface area contributed by atoms with E-state index in [1.165, 1.54) is 31.6 Å². The van der Waals surface area contributed by atoms with Gasteiger partial charge in [0.25, 0.3) is 12.3 Å². The maximum atomic E-state index is 15.8. The summed E-state index contributed by atoms with van der Waals surface area (Å²) in [5.74, 6) is -2.93. The van der Waals surface area contributed by atoms with Gasteiger partial charge in [0.15, 0.2) is 15.7 Å². The molecule has 3 heterocycles. The molecule has 0 radical (unpaired) electrons. The number of pyridine rings is 1. The summed E-state index contributed by atoms with van der Waals surface area (Å²) in [5.41, 5.74) is -1.03. The van der Waals surface area contributed by atoms with Crippen LogP contribution in [-0.4, -0.2) is 63.5 Å². The minimum absolute atomic E-state index is 0.0119. The Bertz CT molecular complexity index is 3020. The molecule has 2 saturated carbocycles. The second-order valence-electron chi connectivity index (χ2n) is 16.5. The van der Waals surface area contributed by atoms with E-state index in [0.717, 1.165) is 18.4 Å². The van der Waals surface area contributed by atoms with Crippen molar-refractivity contribution in [2.75, 3.05) is 11.0 Å². The molecule has 63 heavy (non-hydrogen) atoms. The molecule has 0 bridgehead atoms. The summed E-state index contributed by atoms with van der Waals surface area (Å²) in [7, 11) is -6.05. The van der Waals surface area contributed by atoms with E-state index in [4.69, 9.17) is 16.6 Å². The maximum Gasteiger partial charge on any atom is 0.293 e. The summed E-state index contributed by atoms with van der Waals surface area (Å²) in [6, 6.07) is 5.90. The first-order valence-electron chi connectivity index (χ1n) is 19.5. The Morgan fingerprint density at radius 2 is 1.70 bits per heavy atom. The van der Waals surface area contributed by atoms with E-state index < -0.39 is 102 Å². The molecule has 3 atom stereocenters. The molecule has 3 aliphatic carbocycles. The highest BCUT2D eigenvalue weighted by molar-refractivity contribution is 14.1. The van der Waals surface area contributed by atoms with Gasteiger partial charge in [-0.1, -0.05) is 23.6 Å². The molecule has 2 N–H and O–H groups in total. The van der Waals surface area contributed by atoms with Crippen molar-refractivity contribution in [3.8, 4) is 23.0 Å². The number of aryl methyl sites for hydroxylation is 1. The van der Waals surface area contributed by atoms with E-state index in [1.807, 2.05) is 22.6 Å². The number of carbonyl (C=O) groups is 1. The highest BCUT2D eigenvalue weighted by atomic mass is 127. The van der Waals surface area contributed by atoms with Crippen molar-refractivity contribution in [3.05, 3.63) is 90.5 Å². The van der Waals surface area contributed by atoms with Crippen molar-refractivity contribution >= 4 is 76.7 Å². The van der Waals surface area contributed by atoms with Crippen LogP contribution in [0.2, 0.25) is 5.02 Å². The second kappa shape index (κ2) is 15.9. The van der Waals surface area contributed by atoms with Crippen LogP contribution in [0.1, 0.15) is 91.8 Å². The number of nitrogens with one attached hydrogen (secondary N) is 2. The van der Waals surface area contributed by atoms with Gasteiger partial charge < -0.3 is 5.32 Å². The number of sulfonamides is 1. The lowest BCUT2D eigenvalue weighted by Gasteiger charge is -2.34. The average molecular weight is 1050 g/mol. The van der Waals surface area contributed by atoms with E-state index >= 15 is 8.78 Å². The van der Waals surface area contributed by atoms with E-state index in [1.54, 1.807) is 12.1 Å². The minimum atomic E-state index is -3.87. The lowest BCUT2D eigenvalue weighted by atomic mass is 9.73. The van der Waals surface area contributed by atoms with Gasteiger partial charge in [0.1, 0.15) is 40.0 Å². The van der Waals surface area contributed by atoms with Crippen molar-refractivity contribution < 1.29 is 48.0 Å². The third kappa shape index (κ3) is 8.29. The first-order valence-corrected chi connectivity index (χ1v) is 24.4. The Labute approximate surface area is 376 Å². The Kier molecular flexibility index (Phi) is 11.4. The van der Waals surface area contributed by atoms with Gasteiger partial charge in [-0.25, -0.2) is 39.4 Å². The van der Waals surface area contributed by atoms with Crippen LogP contribution in [0.4, 0.5) is 32.2 Å². The number of carbonyl (C=O) groups excluding carboxylic acids is 1. The molecular formula is C41H37ClF6IN7O5S2.